The fourth-order valence-electron chi connectivity index (χ4n) is 1.85. The van der Waals surface area contributed by atoms with Crippen LogP contribution in [0.5, 0.6) is 0 Å². The summed E-state index contributed by atoms with van der Waals surface area (Å²) in [6.45, 7) is 0. The van der Waals surface area contributed by atoms with Crippen molar-refractivity contribution in [2.24, 2.45) is 13.0 Å². The van der Waals surface area contributed by atoms with Crippen LogP contribution in [0.15, 0.2) is 6.20 Å². The highest BCUT2D eigenvalue weighted by Gasteiger charge is 2.19. The Balaban J connectivity index is 2.22. The molecule has 0 saturated carbocycles. The molecule has 0 aromatic carbocycles. The van der Waals surface area contributed by atoms with Crippen LogP contribution in [0.2, 0.25) is 0 Å². The van der Waals surface area contributed by atoms with Crippen molar-refractivity contribution in [2.75, 3.05) is 5.33 Å². The molecule has 1 atom stereocenters. The molecule has 0 bridgehead atoms. The van der Waals surface area contributed by atoms with Gasteiger partial charge in [0.1, 0.15) is 0 Å². The molecule has 1 unspecified atom stereocenters. The van der Waals surface area contributed by atoms with E-state index >= 15 is 0 Å². The summed E-state index contributed by atoms with van der Waals surface area (Å²) in [5, 5.41) is 5.55. The van der Waals surface area contributed by atoms with Gasteiger partial charge in [0.2, 0.25) is 0 Å². The molecule has 1 heterocycles. The highest BCUT2D eigenvalue weighted by Crippen LogP contribution is 2.25. The van der Waals surface area contributed by atoms with Crippen molar-refractivity contribution in [1.82, 2.24) is 9.78 Å². The van der Waals surface area contributed by atoms with Gasteiger partial charge in [0.15, 0.2) is 0 Å². The SMILES string of the molecule is Cn1cc2c(n1)CCC(CBr)C2. The first-order chi connectivity index (χ1) is 5.79. The normalized spacial score (nSPS) is 22.3. The Kier molecular flexibility index (Phi) is 2.22. The minimum absolute atomic E-state index is 0.821. The van der Waals surface area contributed by atoms with Crippen LogP contribution in [0, 0.1) is 5.92 Å². The number of hydrogen-bond donors (Lipinski definition) is 0. The van der Waals surface area contributed by atoms with Crippen LogP contribution in [0.3, 0.4) is 0 Å². The largest absolute Gasteiger partial charge is 0.275 e. The smallest absolute Gasteiger partial charge is 0.0656 e. The summed E-state index contributed by atoms with van der Waals surface area (Å²) >= 11 is 3.54. The van der Waals surface area contributed by atoms with Gasteiger partial charge in [0.25, 0.3) is 0 Å². The fraction of sp³-hybridized carbons (Fsp3) is 0.667. The highest BCUT2D eigenvalue weighted by molar-refractivity contribution is 9.09. The molecule has 1 aliphatic carbocycles. The van der Waals surface area contributed by atoms with E-state index in [4.69, 9.17) is 0 Å². The van der Waals surface area contributed by atoms with Gasteiger partial charge in [-0.3, -0.25) is 4.68 Å². The number of aromatic nitrogens is 2. The number of alkyl halides is 1. The van der Waals surface area contributed by atoms with E-state index < -0.39 is 0 Å². The second-order valence-corrected chi connectivity index (χ2v) is 4.19. The van der Waals surface area contributed by atoms with Crippen LogP contribution in [0.25, 0.3) is 0 Å². The van der Waals surface area contributed by atoms with Gasteiger partial charge in [-0.05, 0) is 30.7 Å². The predicted octanol–water partition coefficient (Wildman–Crippen LogP) is 1.92. The fourth-order valence-corrected chi connectivity index (χ4v) is 2.40. The van der Waals surface area contributed by atoms with Crippen LogP contribution in [-0.2, 0) is 19.9 Å². The lowest BCUT2D eigenvalue weighted by atomic mass is 9.89. The Hall–Kier alpha value is -0.310. The maximum absolute atomic E-state index is 4.42. The maximum atomic E-state index is 4.42. The van der Waals surface area contributed by atoms with Crippen molar-refractivity contribution in [3.63, 3.8) is 0 Å². The Morgan fingerprint density at radius 3 is 3.33 bits per heavy atom. The molecule has 0 N–H and O–H groups in total. The minimum Gasteiger partial charge on any atom is -0.275 e. The van der Waals surface area contributed by atoms with Crippen LogP contribution >= 0.6 is 15.9 Å². The first-order valence-corrected chi connectivity index (χ1v) is 5.49. The molecular formula is C9H13BrN2. The van der Waals surface area contributed by atoms with Gasteiger partial charge in [0, 0.05) is 18.6 Å². The Morgan fingerprint density at radius 1 is 1.75 bits per heavy atom. The third kappa shape index (κ3) is 1.42. The molecule has 2 rings (SSSR count). The van der Waals surface area contributed by atoms with Gasteiger partial charge in [-0.25, -0.2) is 0 Å². The first-order valence-electron chi connectivity index (χ1n) is 4.37. The van der Waals surface area contributed by atoms with Gasteiger partial charge in [0.05, 0.1) is 5.69 Å². The van der Waals surface area contributed by atoms with Crippen LogP contribution < -0.4 is 0 Å². The zero-order chi connectivity index (χ0) is 8.55. The lowest BCUT2D eigenvalue weighted by molar-refractivity contribution is 0.507. The van der Waals surface area contributed by atoms with Gasteiger partial charge < -0.3 is 0 Å². The standard InChI is InChI=1S/C9H13BrN2/c1-12-6-8-4-7(5-10)2-3-9(8)11-12/h6-7H,2-5H2,1H3. The zero-order valence-corrected chi connectivity index (χ0v) is 8.84. The van der Waals surface area contributed by atoms with E-state index in [9.17, 15) is 0 Å². The second kappa shape index (κ2) is 3.21. The van der Waals surface area contributed by atoms with E-state index in [0.717, 1.165) is 17.7 Å². The summed E-state index contributed by atoms with van der Waals surface area (Å²) < 4.78 is 1.93. The number of fused-ring (bicyclic) bond motifs is 1. The molecule has 66 valence electrons. The van der Waals surface area contributed by atoms with Crippen molar-refractivity contribution in [3.05, 3.63) is 17.5 Å². The van der Waals surface area contributed by atoms with E-state index in [0.29, 0.717) is 0 Å². The Bertz CT molecular complexity index is 280. The third-order valence-electron chi connectivity index (χ3n) is 2.51. The van der Waals surface area contributed by atoms with Crippen LogP contribution in [-0.4, -0.2) is 15.1 Å². The van der Waals surface area contributed by atoms with E-state index in [-0.39, 0.29) is 0 Å². The molecule has 0 fully saturated rings. The van der Waals surface area contributed by atoms with Crippen molar-refractivity contribution in [1.29, 1.82) is 0 Å². The zero-order valence-electron chi connectivity index (χ0n) is 7.26. The van der Waals surface area contributed by atoms with E-state index in [2.05, 4.69) is 27.2 Å². The molecule has 12 heavy (non-hydrogen) atoms. The molecule has 2 nitrogen and oxygen atoms in total. The average Bonchev–Trinajstić information content (AvgIpc) is 2.43. The summed E-state index contributed by atoms with van der Waals surface area (Å²) in [4.78, 5) is 0. The summed E-state index contributed by atoms with van der Waals surface area (Å²) in [5.74, 6) is 0.821. The molecule has 0 radical (unpaired) electrons. The monoisotopic (exact) mass is 228 g/mol. The topological polar surface area (TPSA) is 17.8 Å². The van der Waals surface area contributed by atoms with Crippen molar-refractivity contribution < 1.29 is 0 Å². The van der Waals surface area contributed by atoms with Gasteiger partial charge in [-0.1, -0.05) is 15.9 Å². The average molecular weight is 229 g/mol. The molecular weight excluding hydrogens is 216 g/mol. The third-order valence-corrected chi connectivity index (χ3v) is 3.42. The number of hydrogen-bond acceptors (Lipinski definition) is 1. The molecule has 1 aromatic rings. The molecule has 1 aromatic heterocycles. The molecule has 0 amide bonds. The summed E-state index contributed by atoms with van der Waals surface area (Å²) in [5.41, 5.74) is 2.77. The number of nitrogens with zero attached hydrogens (tertiary/aromatic N) is 2. The molecule has 0 saturated heterocycles. The summed E-state index contributed by atoms with van der Waals surface area (Å²) in [6, 6.07) is 0. The van der Waals surface area contributed by atoms with Gasteiger partial charge >= 0.3 is 0 Å². The lowest BCUT2D eigenvalue weighted by Gasteiger charge is -2.18. The number of halogens is 1. The van der Waals surface area contributed by atoms with Crippen molar-refractivity contribution in [3.8, 4) is 0 Å². The van der Waals surface area contributed by atoms with E-state index in [1.807, 2.05) is 11.7 Å². The number of rotatable bonds is 1. The maximum Gasteiger partial charge on any atom is 0.0656 e. The van der Waals surface area contributed by atoms with E-state index in [1.54, 1.807) is 0 Å². The van der Waals surface area contributed by atoms with Crippen molar-refractivity contribution >= 4 is 15.9 Å². The van der Waals surface area contributed by atoms with E-state index in [1.165, 1.54) is 24.1 Å². The highest BCUT2D eigenvalue weighted by atomic mass is 79.9. The summed E-state index contributed by atoms with van der Waals surface area (Å²) in [7, 11) is 2.00. The van der Waals surface area contributed by atoms with Crippen LogP contribution in [0.1, 0.15) is 17.7 Å². The predicted molar refractivity (Wildman–Crippen MR) is 52.5 cm³/mol. The molecule has 0 aliphatic heterocycles. The number of aryl methyl sites for hydroxylation is 2. The Labute approximate surface area is 81.1 Å². The molecule has 1 aliphatic rings. The van der Waals surface area contributed by atoms with Gasteiger partial charge in [-0.2, -0.15) is 5.10 Å². The first kappa shape index (κ1) is 8.30. The lowest BCUT2D eigenvalue weighted by Crippen LogP contribution is -2.14. The second-order valence-electron chi connectivity index (χ2n) is 3.54. The minimum atomic E-state index is 0.821. The molecule has 3 heteroatoms. The van der Waals surface area contributed by atoms with Crippen molar-refractivity contribution in [2.45, 2.75) is 19.3 Å². The quantitative estimate of drug-likeness (QED) is 0.672. The van der Waals surface area contributed by atoms with Gasteiger partial charge in [-0.15, -0.1) is 0 Å². The summed E-state index contributed by atoms with van der Waals surface area (Å²) in [6.07, 6.45) is 5.81. The molecule has 0 spiro atoms. The Morgan fingerprint density at radius 2 is 2.58 bits per heavy atom. The van der Waals surface area contributed by atoms with Crippen LogP contribution in [0.4, 0.5) is 0 Å².